The molecule has 2 nitrogen and oxygen atoms in total. The zero-order valence-corrected chi connectivity index (χ0v) is 23.7. The summed E-state index contributed by atoms with van der Waals surface area (Å²) < 4.78 is 6.65. The number of rotatable bonds is 12. The maximum Gasteiger partial charge on any atom is 0.127 e. The molecule has 0 saturated heterocycles. The van der Waals surface area contributed by atoms with Gasteiger partial charge in [0.1, 0.15) is 17.1 Å². The number of phenolic OH excluding ortho intramolecular Hbond substituents is 1. The molecule has 1 aliphatic rings. The lowest BCUT2D eigenvalue weighted by atomic mass is 9.76. The van der Waals surface area contributed by atoms with Gasteiger partial charge in [-0.3, -0.25) is 0 Å². The Bertz CT molecular complexity index is 787. The van der Waals surface area contributed by atoms with Gasteiger partial charge >= 0.3 is 0 Å². The fraction of sp³-hybridized carbons (Fsp3) is 0.806. The molecule has 0 aliphatic carbocycles. The van der Waals surface area contributed by atoms with Gasteiger partial charge in [0.05, 0.1) is 0 Å². The zero-order valence-electron chi connectivity index (χ0n) is 23.7. The van der Waals surface area contributed by atoms with Crippen LogP contribution in [0.25, 0.3) is 0 Å². The van der Waals surface area contributed by atoms with Crippen LogP contribution in [0, 0.1) is 37.5 Å². The minimum atomic E-state index is -0.0951. The van der Waals surface area contributed by atoms with Gasteiger partial charge in [-0.2, -0.15) is 0 Å². The standard InChI is InChI=1S/C31H54O2/c1-22(2)14-11-16-29(6,7)17-12-18-30(8,9)19-13-20-31(10)21-15-26-25(5)27(32)23(3)24(4)28(26)33-31/h22,32H,11-21H2,1-10H3. The number of aromatic hydroxyl groups is 1. The first kappa shape index (κ1) is 28.1. The summed E-state index contributed by atoms with van der Waals surface area (Å²) in [7, 11) is 0. The molecule has 1 N–H and O–H groups in total. The average Bonchev–Trinajstić information content (AvgIpc) is 2.69. The summed E-state index contributed by atoms with van der Waals surface area (Å²) in [5.74, 6) is 2.31. The van der Waals surface area contributed by atoms with E-state index >= 15 is 0 Å². The Kier molecular flexibility index (Phi) is 9.39. The molecule has 0 amide bonds. The van der Waals surface area contributed by atoms with Crippen molar-refractivity contribution in [3.8, 4) is 11.5 Å². The Morgan fingerprint density at radius 1 is 0.848 bits per heavy atom. The van der Waals surface area contributed by atoms with Gasteiger partial charge in [-0.25, -0.2) is 0 Å². The van der Waals surface area contributed by atoms with Gasteiger partial charge < -0.3 is 9.84 Å². The summed E-state index contributed by atoms with van der Waals surface area (Å²) in [6.45, 7) is 22.9. The van der Waals surface area contributed by atoms with Crippen LogP contribution < -0.4 is 4.74 Å². The van der Waals surface area contributed by atoms with Gasteiger partial charge in [0, 0.05) is 5.56 Å². The quantitative estimate of drug-likeness (QED) is 0.338. The van der Waals surface area contributed by atoms with Crippen LogP contribution in [0.2, 0.25) is 0 Å². The molecule has 0 radical (unpaired) electrons. The number of hydrogen-bond acceptors (Lipinski definition) is 2. The highest BCUT2D eigenvalue weighted by molar-refractivity contribution is 5.58. The molecule has 1 heterocycles. The van der Waals surface area contributed by atoms with Crippen LogP contribution >= 0.6 is 0 Å². The van der Waals surface area contributed by atoms with Crippen LogP contribution in [0.5, 0.6) is 11.5 Å². The molecule has 2 rings (SSSR count). The van der Waals surface area contributed by atoms with Crippen LogP contribution in [0.1, 0.15) is 135 Å². The maximum absolute atomic E-state index is 10.4. The van der Waals surface area contributed by atoms with E-state index in [1.54, 1.807) is 0 Å². The summed E-state index contributed by atoms with van der Waals surface area (Å²) in [5.41, 5.74) is 5.06. The fourth-order valence-corrected chi connectivity index (χ4v) is 5.70. The Morgan fingerprint density at radius 2 is 1.39 bits per heavy atom. The van der Waals surface area contributed by atoms with E-state index in [1.165, 1.54) is 56.9 Å². The number of benzene rings is 1. The molecule has 190 valence electrons. The van der Waals surface area contributed by atoms with Gasteiger partial charge in [0.25, 0.3) is 0 Å². The largest absolute Gasteiger partial charge is 0.507 e. The second-order valence-corrected chi connectivity index (χ2v) is 13.4. The topological polar surface area (TPSA) is 29.5 Å². The van der Waals surface area contributed by atoms with E-state index in [0.29, 0.717) is 16.6 Å². The monoisotopic (exact) mass is 458 g/mol. The van der Waals surface area contributed by atoms with Crippen molar-refractivity contribution in [2.24, 2.45) is 16.7 Å². The van der Waals surface area contributed by atoms with Crippen molar-refractivity contribution in [2.45, 2.75) is 145 Å². The van der Waals surface area contributed by atoms with E-state index in [0.717, 1.165) is 47.6 Å². The number of hydrogen-bond donors (Lipinski definition) is 1. The van der Waals surface area contributed by atoms with Crippen molar-refractivity contribution in [1.82, 2.24) is 0 Å². The predicted molar refractivity (Wildman–Crippen MR) is 144 cm³/mol. The molecule has 1 unspecified atom stereocenters. The SMILES string of the molecule is Cc1c(C)c2c(c(C)c1O)CCC(C)(CCCC(C)(C)CCCC(C)(C)CCCC(C)C)O2. The molecule has 0 spiro atoms. The average molecular weight is 459 g/mol. The third kappa shape index (κ3) is 7.93. The molecular formula is C31H54O2. The van der Waals surface area contributed by atoms with Crippen molar-refractivity contribution < 1.29 is 9.84 Å². The molecule has 1 aromatic carbocycles. The van der Waals surface area contributed by atoms with E-state index in [2.05, 4.69) is 55.4 Å². The number of ether oxygens (including phenoxy) is 1. The van der Waals surface area contributed by atoms with Crippen molar-refractivity contribution in [3.63, 3.8) is 0 Å². The molecule has 2 heteroatoms. The summed E-state index contributed by atoms with van der Waals surface area (Å²) in [5, 5.41) is 10.4. The Morgan fingerprint density at radius 3 is 1.97 bits per heavy atom. The number of fused-ring (bicyclic) bond motifs is 1. The van der Waals surface area contributed by atoms with E-state index in [1.807, 2.05) is 13.8 Å². The van der Waals surface area contributed by atoms with E-state index < -0.39 is 0 Å². The number of phenols is 1. The molecule has 0 fully saturated rings. The van der Waals surface area contributed by atoms with Gasteiger partial charge in [-0.15, -0.1) is 0 Å². The smallest absolute Gasteiger partial charge is 0.127 e. The normalized spacial score (nSPS) is 19.0. The van der Waals surface area contributed by atoms with Crippen LogP contribution in [0.3, 0.4) is 0 Å². The van der Waals surface area contributed by atoms with Crippen LogP contribution in [0.4, 0.5) is 0 Å². The van der Waals surface area contributed by atoms with Crippen LogP contribution in [-0.4, -0.2) is 10.7 Å². The van der Waals surface area contributed by atoms with Gasteiger partial charge in [-0.05, 0) is 112 Å². The lowest BCUT2D eigenvalue weighted by Gasteiger charge is -2.39. The highest BCUT2D eigenvalue weighted by Gasteiger charge is 2.34. The first-order valence-electron chi connectivity index (χ1n) is 13.7. The molecule has 0 aromatic heterocycles. The van der Waals surface area contributed by atoms with Crippen LogP contribution in [-0.2, 0) is 6.42 Å². The molecule has 1 atom stereocenters. The second-order valence-electron chi connectivity index (χ2n) is 13.4. The maximum atomic E-state index is 10.4. The molecule has 1 aromatic rings. The third-order valence-corrected chi connectivity index (χ3v) is 8.49. The predicted octanol–water partition coefficient (Wildman–Crippen LogP) is 9.62. The highest BCUT2D eigenvalue weighted by atomic mass is 16.5. The van der Waals surface area contributed by atoms with Crippen LogP contribution in [0.15, 0.2) is 0 Å². The van der Waals surface area contributed by atoms with Gasteiger partial charge in [0.2, 0.25) is 0 Å². The highest BCUT2D eigenvalue weighted by Crippen LogP contribution is 2.45. The van der Waals surface area contributed by atoms with E-state index in [9.17, 15) is 5.11 Å². The summed E-state index contributed by atoms with van der Waals surface area (Å²) in [4.78, 5) is 0. The molecular weight excluding hydrogens is 404 g/mol. The van der Waals surface area contributed by atoms with Crippen molar-refractivity contribution >= 4 is 0 Å². The first-order chi connectivity index (χ1) is 15.2. The second kappa shape index (κ2) is 11.0. The van der Waals surface area contributed by atoms with Gasteiger partial charge in [-0.1, -0.05) is 60.8 Å². The Balaban J connectivity index is 1.83. The fourth-order valence-electron chi connectivity index (χ4n) is 5.70. The molecule has 1 aliphatic heterocycles. The van der Waals surface area contributed by atoms with Gasteiger partial charge in [0.15, 0.2) is 0 Å². The summed E-state index contributed by atoms with van der Waals surface area (Å²) in [6, 6.07) is 0. The third-order valence-electron chi connectivity index (χ3n) is 8.49. The first-order valence-corrected chi connectivity index (χ1v) is 13.7. The minimum absolute atomic E-state index is 0.0951. The van der Waals surface area contributed by atoms with Crippen molar-refractivity contribution in [2.75, 3.05) is 0 Å². The molecule has 33 heavy (non-hydrogen) atoms. The Labute approximate surface area is 205 Å². The lowest BCUT2D eigenvalue weighted by Crippen LogP contribution is -2.37. The van der Waals surface area contributed by atoms with Crippen molar-refractivity contribution in [3.05, 3.63) is 22.3 Å². The van der Waals surface area contributed by atoms with Crippen molar-refractivity contribution in [1.29, 1.82) is 0 Å². The summed E-state index contributed by atoms with van der Waals surface area (Å²) >= 11 is 0. The minimum Gasteiger partial charge on any atom is -0.507 e. The molecule has 0 saturated carbocycles. The van der Waals surface area contributed by atoms with E-state index in [4.69, 9.17) is 4.74 Å². The summed E-state index contributed by atoms with van der Waals surface area (Å²) in [6.07, 6.45) is 13.7. The van der Waals surface area contributed by atoms with E-state index in [-0.39, 0.29) is 5.60 Å². The lowest BCUT2D eigenvalue weighted by molar-refractivity contribution is 0.0489. The Hall–Kier alpha value is -1.18. The zero-order chi connectivity index (χ0) is 25.0. The molecule has 0 bridgehead atoms.